The Balaban J connectivity index is 1.96. The van der Waals surface area contributed by atoms with E-state index in [1.807, 2.05) is 6.20 Å². The van der Waals surface area contributed by atoms with Gasteiger partial charge in [0.05, 0.1) is 11.9 Å². The molecular formula is C13H23N3O2S. The van der Waals surface area contributed by atoms with Crippen molar-refractivity contribution < 1.29 is 8.42 Å². The maximum atomic E-state index is 12.3. The van der Waals surface area contributed by atoms with Gasteiger partial charge in [0, 0.05) is 25.2 Å². The zero-order chi connectivity index (χ0) is 13.7. The van der Waals surface area contributed by atoms with Crippen LogP contribution in [0, 0.1) is 0 Å². The monoisotopic (exact) mass is 285 g/mol. The first kappa shape index (κ1) is 14.5. The van der Waals surface area contributed by atoms with Crippen LogP contribution in [0.4, 0.5) is 0 Å². The fourth-order valence-electron chi connectivity index (χ4n) is 2.61. The third-order valence-electron chi connectivity index (χ3n) is 3.77. The Bertz CT molecular complexity index is 470. The number of rotatable bonds is 6. The minimum Gasteiger partial charge on any atom is -0.285 e. The summed E-state index contributed by atoms with van der Waals surface area (Å²) in [6, 6.07) is 0. The quantitative estimate of drug-likeness (QED) is 0.814. The van der Waals surface area contributed by atoms with Crippen LogP contribution in [0.5, 0.6) is 0 Å². The van der Waals surface area contributed by atoms with Crippen molar-refractivity contribution in [3.05, 3.63) is 18.0 Å². The van der Waals surface area contributed by atoms with Gasteiger partial charge in [-0.2, -0.15) is 5.10 Å². The molecule has 2 rings (SSSR count). The van der Waals surface area contributed by atoms with Crippen LogP contribution >= 0.6 is 0 Å². The van der Waals surface area contributed by atoms with Crippen molar-refractivity contribution in [1.29, 1.82) is 0 Å². The highest BCUT2D eigenvalue weighted by atomic mass is 32.2. The van der Waals surface area contributed by atoms with Gasteiger partial charge < -0.3 is 0 Å². The minimum absolute atomic E-state index is 0.286. The highest BCUT2D eigenvalue weighted by Crippen LogP contribution is 2.27. The lowest BCUT2D eigenvalue weighted by atomic mass is 9.94. The van der Waals surface area contributed by atoms with E-state index < -0.39 is 10.0 Å². The molecule has 108 valence electrons. The molecule has 0 spiro atoms. The Morgan fingerprint density at radius 1 is 1.47 bits per heavy atom. The molecule has 0 aromatic carbocycles. The van der Waals surface area contributed by atoms with Crippen LogP contribution in [-0.4, -0.2) is 41.8 Å². The Morgan fingerprint density at radius 3 is 3.00 bits per heavy atom. The van der Waals surface area contributed by atoms with E-state index in [2.05, 4.69) is 17.1 Å². The van der Waals surface area contributed by atoms with Gasteiger partial charge in [0.1, 0.15) is 0 Å². The van der Waals surface area contributed by atoms with Gasteiger partial charge in [0.2, 0.25) is 10.0 Å². The summed E-state index contributed by atoms with van der Waals surface area (Å²) in [5, 5.41) is 6.76. The third kappa shape index (κ3) is 3.79. The molecule has 1 aliphatic heterocycles. The Kier molecular flexibility index (Phi) is 4.99. The van der Waals surface area contributed by atoms with Crippen molar-refractivity contribution in [3.63, 3.8) is 0 Å². The van der Waals surface area contributed by atoms with Gasteiger partial charge in [-0.05, 0) is 24.8 Å². The van der Waals surface area contributed by atoms with Crippen molar-refractivity contribution in [1.82, 2.24) is 14.5 Å². The first-order chi connectivity index (χ1) is 9.13. The fourth-order valence-corrected chi connectivity index (χ4v) is 4.26. The summed E-state index contributed by atoms with van der Waals surface area (Å²) in [6.45, 7) is 3.36. The van der Waals surface area contributed by atoms with Crippen LogP contribution in [0.25, 0.3) is 0 Å². The van der Waals surface area contributed by atoms with Crippen LogP contribution in [0.1, 0.15) is 50.5 Å². The van der Waals surface area contributed by atoms with E-state index in [4.69, 9.17) is 0 Å². The molecule has 5 nitrogen and oxygen atoms in total. The molecule has 0 amide bonds. The van der Waals surface area contributed by atoms with Gasteiger partial charge in [0.15, 0.2) is 0 Å². The smallest absolute Gasteiger partial charge is 0.214 e. The summed E-state index contributed by atoms with van der Waals surface area (Å²) in [5.41, 5.74) is 1.12. The second kappa shape index (κ2) is 6.52. The lowest BCUT2D eigenvalue weighted by Crippen LogP contribution is -2.40. The number of unbranched alkanes of at least 4 members (excludes halogenated alkanes) is 2. The number of nitrogens with one attached hydrogen (secondary N) is 1. The van der Waals surface area contributed by atoms with Gasteiger partial charge in [-0.1, -0.05) is 19.8 Å². The van der Waals surface area contributed by atoms with Crippen molar-refractivity contribution >= 4 is 10.0 Å². The summed E-state index contributed by atoms with van der Waals surface area (Å²) < 4.78 is 26.2. The minimum atomic E-state index is -3.08. The number of sulfonamides is 1. The number of hydrogen-bond donors (Lipinski definition) is 1. The molecule has 19 heavy (non-hydrogen) atoms. The molecule has 1 aromatic heterocycles. The topological polar surface area (TPSA) is 66.1 Å². The third-order valence-corrected chi connectivity index (χ3v) is 5.70. The normalized spacial score (nSPS) is 21.6. The predicted octanol–water partition coefficient (Wildman–Crippen LogP) is 2.11. The first-order valence-electron chi connectivity index (χ1n) is 7.10. The molecule has 0 unspecified atom stereocenters. The molecule has 1 fully saturated rings. The van der Waals surface area contributed by atoms with Crippen molar-refractivity contribution in [2.45, 2.75) is 44.9 Å². The van der Waals surface area contributed by atoms with Crippen LogP contribution in [0.3, 0.4) is 0 Å². The standard InChI is InChI=1S/C13H23N3O2S/c1-2-3-4-8-19(17,18)16-7-5-6-12(11-16)13-9-14-15-10-13/h9-10,12H,2-8,11H2,1H3,(H,14,15)/t12-/m1/s1. The van der Waals surface area contributed by atoms with Gasteiger partial charge in [-0.25, -0.2) is 12.7 Å². The highest BCUT2D eigenvalue weighted by molar-refractivity contribution is 7.89. The Labute approximate surface area is 115 Å². The summed E-state index contributed by atoms with van der Waals surface area (Å²) in [5.74, 6) is 0.576. The molecule has 6 heteroatoms. The largest absolute Gasteiger partial charge is 0.285 e. The SMILES string of the molecule is CCCCCS(=O)(=O)N1CCC[C@@H](c2cn[nH]c2)C1. The Morgan fingerprint density at radius 2 is 2.32 bits per heavy atom. The lowest BCUT2D eigenvalue weighted by Gasteiger charge is -2.31. The molecule has 1 saturated heterocycles. The average Bonchev–Trinajstić information content (AvgIpc) is 2.93. The van der Waals surface area contributed by atoms with E-state index in [1.54, 1.807) is 10.5 Å². The summed E-state index contributed by atoms with van der Waals surface area (Å²) in [6.07, 6.45) is 8.45. The Hall–Kier alpha value is -0.880. The van der Waals surface area contributed by atoms with Crippen LogP contribution in [0.15, 0.2) is 12.4 Å². The summed E-state index contributed by atoms with van der Waals surface area (Å²) in [4.78, 5) is 0. The molecule has 2 heterocycles. The number of aromatic amines is 1. The molecular weight excluding hydrogens is 262 g/mol. The van der Waals surface area contributed by atoms with Crippen molar-refractivity contribution in [3.8, 4) is 0 Å². The second-order valence-corrected chi connectivity index (χ2v) is 7.34. The number of hydrogen-bond acceptors (Lipinski definition) is 3. The van der Waals surface area contributed by atoms with E-state index >= 15 is 0 Å². The summed E-state index contributed by atoms with van der Waals surface area (Å²) in [7, 11) is -3.08. The molecule has 0 radical (unpaired) electrons. The number of nitrogens with zero attached hydrogens (tertiary/aromatic N) is 2. The molecule has 0 saturated carbocycles. The lowest BCUT2D eigenvalue weighted by molar-refractivity contribution is 0.315. The van der Waals surface area contributed by atoms with E-state index in [-0.39, 0.29) is 5.92 Å². The second-order valence-electron chi connectivity index (χ2n) is 5.25. The van der Waals surface area contributed by atoms with Gasteiger partial charge in [0.25, 0.3) is 0 Å². The average molecular weight is 285 g/mol. The number of H-pyrrole nitrogens is 1. The zero-order valence-corrected chi connectivity index (χ0v) is 12.3. The fraction of sp³-hybridized carbons (Fsp3) is 0.769. The van der Waals surface area contributed by atoms with Crippen LogP contribution in [0.2, 0.25) is 0 Å². The summed E-state index contributed by atoms with van der Waals surface area (Å²) >= 11 is 0. The zero-order valence-electron chi connectivity index (χ0n) is 11.5. The van der Waals surface area contributed by atoms with E-state index in [0.717, 1.165) is 37.7 Å². The molecule has 1 atom stereocenters. The van der Waals surface area contributed by atoms with E-state index in [0.29, 0.717) is 18.8 Å². The molecule has 0 aliphatic carbocycles. The molecule has 1 aliphatic rings. The van der Waals surface area contributed by atoms with Gasteiger partial charge in [-0.3, -0.25) is 5.10 Å². The van der Waals surface area contributed by atoms with Crippen LogP contribution < -0.4 is 0 Å². The molecule has 1 N–H and O–H groups in total. The predicted molar refractivity (Wildman–Crippen MR) is 75.4 cm³/mol. The van der Waals surface area contributed by atoms with Crippen LogP contribution in [-0.2, 0) is 10.0 Å². The van der Waals surface area contributed by atoms with Gasteiger partial charge >= 0.3 is 0 Å². The number of piperidine rings is 1. The maximum absolute atomic E-state index is 12.3. The maximum Gasteiger partial charge on any atom is 0.214 e. The van der Waals surface area contributed by atoms with Gasteiger partial charge in [-0.15, -0.1) is 0 Å². The van der Waals surface area contributed by atoms with E-state index in [1.165, 1.54) is 0 Å². The molecule has 1 aromatic rings. The molecule has 0 bridgehead atoms. The van der Waals surface area contributed by atoms with Crippen molar-refractivity contribution in [2.75, 3.05) is 18.8 Å². The van der Waals surface area contributed by atoms with E-state index in [9.17, 15) is 8.42 Å². The first-order valence-corrected chi connectivity index (χ1v) is 8.71. The van der Waals surface area contributed by atoms with Crippen molar-refractivity contribution in [2.24, 2.45) is 0 Å². The highest BCUT2D eigenvalue weighted by Gasteiger charge is 2.29. The number of aromatic nitrogens is 2.